The number of anilines is 1. The van der Waals surface area contributed by atoms with Gasteiger partial charge in [-0.3, -0.25) is 9.59 Å². The van der Waals surface area contributed by atoms with Crippen LogP contribution in [0.5, 0.6) is 0 Å². The maximum absolute atomic E-state index is 12.8. The van der Waals surface area contributed by atoms with Gasteiger partial charge in [-0.05, 0) is 42.7 Å². The van der Waals surface area contributed by atoms with Crippen LogP contribution in [0.3, 0.4) is 0 Å². The lowest BCUT2D eigenvalue weighted by Gasteiger charge is -2.29. The average molecular weight is 535 g/mol. The summed E-state index contributed by atoms with van der Waals surface area (Å²) in [7, 11) is 1.65. The van der Waals surface area contributed by atoms with E-state index in [-0.39, 0.29) is 23.3 Å². The number of fused-ring (bicyclic) bond motifs is 2. The van der Waals surface area contributed by atoms with Gasteiger partial charge in [0, 0.05) is 30.4 Å². The number of para-hydroxylation sites is 1. The number of halogens is 1. The zero-order valence-electron chi connectivity index (χ0n) is 17.8. The van der Waals surface area contributed by atoms with Crippen molar-refractivity contribution in [1.82, 2.24) is 4.57 Å². The van der Waals surface area contributed by atoms with Crippen molar-refractivity contribution >= 4 is 66.7 Å². The molecule has 1 aliphatic heterocycles. The van der Waals surface area contributed by atoms with Crippen molar-refractivity contribution in [2.45, 2.75) is 19.4 Å². The van der Waals surface area contributed by atoms with Gasteiger partial charge in [0.1, 0.15) is 0 Å². The van der Waals surface area contributed by atoms with Gasteiger partial charge in [-0.15, -0.1) is 11.8 Å². The summed E-state index contributed by atoms with van der Waals surface area (Å²) >= 11 is 6.29. The molecule has 2 amide bonds. The summed E-state index contributed by atoms with van der Waals surface area (Å²) in [6.07, 6.45) is 1.96. The van der Waals surface area contributed by atoms with Crippen molar-refractivity contribution in [3.63, 3.8) is 0 Å². The molecule has 0 unspecified atom stereocenters. The molecule has 3 aromatic rings. The third-order valence-corrected chi connectivity index (χ3v) is 7.68. The number of thioether (sulfide) groups is 1. The van der Waals surface area contributed by atoms with E-state index in [2.05, 4.69) is 27.0 Å². The Hall–Kier alpha value is -1.94. The Morgan fingerprint density at radius 2 is 2.06 bits per heavy atom. The summed E-state index contributed by atoms with van der Waals surface area (Å²) in [6, 6.07) is 14.1. The van der Waals surface area contributed by atoms with Crippen LogP contribution in [0.15, 0.2) is 51.9 Å². The van der Waals surface area contributed by atoms with E-state index in [0.29, 0.717) is 18.0 Å². The van der Waals surface area contributed by atoms with Gasteiger partial charge in [0.25, 0.3) is 5.91 Å². The topological polar surface area (TPSA) is 63.9 Å². The van der Waals surface area contributed by atoms with Crippen LogP contribution in [0.1, 0.15) is 12.0 Å². The SMILES string of the molecule is COCCn1c(=NC(=O)CSCC(=O)N2CCCc3ccccc32)sc2cc(Br)ccc21. The number of ether oxygens (including phenoxy) is 1. The molecule has 168 valence electrons. The number of carbonyl (C=O) groups is 2. The van der Waals surface area contributed by atoms with Gasteiger partial charge in [-0.25, -0.2) is 0 Å². The molecule has 4 rings (SSSR count). The smallest absolute Gasteiger partial charge is 0.258 e. The van der Waals surface area contributed by atoms with Crippen LogP contribution in [0.4, 0.5) is 5.69 Å². The number of thiazole rings is 1. The van der Waals surface area contributed by atoms with Crippen molar-refractivity contribution in [3.8, 4) is 0 Å². The number of benzene rings is 2. The van der Waals surface area contributed by atoms with Crippen LogP contribution in [0.25, 0.3) is 10.2 Å². The quantitative estimate of drug-likeness (QED) is 0.455. The Morgan fingerprint density at radius 3 is 2.91 bits per heavy atom. The lowest BCUT2D eigenvalue weighted by molar-refractivity contribution is -0.116. The standard InChI is InChI=1S/C23H24BrN3O3S2/c1-30-12-11-27-19-9-8-17(24)13-20(19)32-23(27)25-21(28)14-31-15-22(29)26-10-4-6-16-5-2-3-7-18(16)26/h2-3,5,7-9,13H,4,6,10-12,14-15H2,1H3. The number of aromatic nitrogens is 1. The first-order chi connectivity index (χ1) is 15.6. The second-order valence-electron chi connectivity index (χ2n) is 7.42. The van der Waals surface area contributed by atoms with Gasteiger partial charge in [0.15, 0.2) is 4.80 Å². The monoisotopic (exact) mass is 533 g/mol. The molecule has 6 nitrogen and oxygen atoms in total. The summed E-state index contributed by atoms with van der Waals surface area (Å²) in [5.41, 5.74) is 3.23. The molecule has 2 heterocycles. The molecule has 32 heavy (non-hydrogen) atoms. The van der Waals surface area contributed by atoms with Crippen LogP contribution < -0.4 is 9.70 Å². The maximum atomic E-state index is 12.8. The van der Waals surface area contributed by atoms with Crippen molar-refractivity contribution in [3.05, 3.63) is 57.3 Å². The molecule has 0 atom stereocenters. The highest BCUT2D eigenvalue weighted by Crippen LogP contribution is 2.27. The minimum absolute atomic E-state index is 0.0387. The van der Waals surface area contributed by atoms with Crippen molar-refractivity contribution < 1.29 is 14.3 Å². The van der Waals surface area contributed by atoms with E-state index in [0.717, 1.165) is 39.8 Å². The zero-order chi connectivity index (χ0) is 22.5. The molecule has 0 N–H and O–H groups in total. The molecule has 0 saturated heterocycles. The second-order valence-corrected chi connectivity index (χ2v) is 10.3. The molecule has 1 aromatic heterocycles. The first kappa shape index (κ1) is 23.2. The van der Waals surface area contributed by atoms with E-state index in [1.807, 2.05) is 45.9 Å². The summed E-state index contributed by atoms with van der Waals surface area (Å²) in [4.78, 5) is 32.2. The third kappa shape index (κ3) is 5.33. The Morgan fingerprint density at radius 1 is 1.22 bits per heavy atom. The fraction of sp³-hybridized carbons (Fsp3) is 0.348. The van der Waals surface area contributed by atoms with Gasteiger partial charge >= 0.3 is 0 Å². The van der Waals surface area contributed by atoms with Crippen LogP contribution >= 0.6 is 39.0 Å². The van der Waals surface area contributed by atoms with Gasteiger partial charge in [0.05, 0.1) is 28.3 Å². The van der Waals surface area contributed by atoms with Gasteiger partial charge in [-0.1, -0.05) is 45.5 Å². The minimum atomic E-state index is -0.237. The number of methoxy groups -OCH3 is 1. The largest absolute Gasteiger partial charge is 0.383 e. The molecule has 9 heteroatoms. The Bertz CT molecular complexity index is 1200. The molecule has 0 spiro atoms. The number of nitrogens with zero attached hydrogens (tertiary/aromatic N) is 3. The lowest BCUT2D eigenvalue weighted by Crippen LogP contribution is -2.36. The van der Waals surface area contributed by atoms with E-state index in [1.54, 1.807) is 7.11 Å². The van der Waals surface area contributed by atoms with Gasteiger partial charge < -0.3 is 14.2 Å². The number of hydrogen-bond acceptors (Lipinski definition) is 5. The Balaban J connectivity index is 1.43. The molecule has 0 bridgehead atoms. The first-order valence-corrected chi connectivity index (χ1v) is 13.1. The van der Waals surface area contributed by atoms with Crippen LogP contribution in [0.2, 0.25) is 0 Å². The van der Waals surface area contributed by atoms with Gasteiger partial charge in [-0.2, -0.15) is 4.99 Å². The lowest BCUT2D eigenvalue weighted by atomic mass is 10.0. The molecule has 0 aliphatic carbocycles. The minimum Gasteiger partial charge on any atom is -0.383 e. The molecule has 0 fully saturated rings. The molecule has 1 aliphatic rings. The van der Waals surface area contributed by atoms with Crippen molar-refractivity contribution in [2.75, 3.05) is 36.7 Å². The highest BCUT2D eigenvalue weighted by atomic mass is 79.9. The first-order valence-electron chi connectivity index (χ1n) is 10.4. The average Bonchev–Trinajstić information content (AvgIpc) is 3.12. The number of rotatable bonds is 7. The maximum Gasteiger partial charge on any atom is 0.258 e. The van der Waals surface area contributed by atoms with E-state index < -0.39 is 0 Å². The normalized spacial score (nSPS) is 14.1. The van der Waals surface area contributed by atoms with Gasteiger partial charge in [0.2, 0.25) is 5.91 Å². The number of hydrogen-bond donors (Lipinski definition) is 0. The van der Waals surface area contributed by atoms with E-state index >= 15 is 0 Å². The highest BCUT2D eigenvalue weighted by Gasteiger charge is 2.22. The number of amides is 2. The van der Waals surface area contributed by atoms with E-state index in [4.69, 9.17) is 4.74 Å². The predicted molar refractivity (Wildman–Crippen MR) is 134 cm³/mol. The number of carbonyl (C=O) groups excluding carboxylic acids is 2. The fourth-order valence-electron chi connectivity index (χ4n) is 3.77. The summed E-state index contributed by atoms with van der Waals surface area (Å²) < 4.78 is 9.26. The zero-order valence-corrected chi connectivity index (χ0v) is 21.0. The number of aryl methyl sites for hydroxylation is 1. The van der Waals surface area contributed by atoms with E-state index in [9.17, 15) is 9.59 Å². The Labute approximate surface area is 203 Å². The summed E-state index contributed by atoms with van der Waals surface area (Å²) in [5, 5.41) is 0. The Kier molecular flexibility index (Phi) is 7.83. The fourth-order valence-corrected chi connectivity index (χ4v) is 6.06. The molecule has 2 aromatic carbocycles. The third-order valence-electron chi connectivity index (χ3n) is 5.25. The molecule has 0 saturated carbocycles. The highest BCUT2D eigenvalue weighted by molar-refractivity contribution is 9.10. The van der Waals surface area contributed by atoms with Crippen LogP contribution in [-0.4, -0.2) is 48.1 Å². The predicted octanol–water partition coefficient (Wildman–Crippen LogP) is 4.25. The second kappa shape index (κ2) is 10.8. The van der Waals surface area contributed by atoms with E-state index in [1.165, 1.54) is 28.7 Å². The summed E-state index contributed by atoms with van der Waals surface area (Å²) in [6.45, 7) is 1.87. The molecular formula is C23H24BrN3O3S2. The van der Waals surface area contributed by atoms with Crippen LogP contribution in [-0.2, 0) is 27.3 Å². The van der Waals surface area contributed by atoms with Crippen molar-refractivity contribution in [1.29, 1.82) is 0 Å². The van der Waals surface area contributed by atoms with Crippen molar-refractivity contribution in [2.24, 2.45) is 4.99 Å². The molecule has 0 radical (unpaired) electrons. The summed E-state index contributed by atoms with van der Waals surface area (Å²) in [5.74, 6) is 0.234. The van der Waals surface area contributed by atoms with Crippen LogP contribution in [0, 0.1) is 0 Å². The molecular weight excluding hydrogens is 510 g/mol.